The molecule has 9 nitrogen and oxygen atoms in total. The molecule has 0 spiro atoms. The molecule has 2 heterocycles. The topological polar surface area (TPSA) is 111 Å². The van der Waals surface area contributed by atoms with Crippen molar-refractivity contribution in [1.82, 2.24) is 20.4 Å². The maximum Gasteiger partial charge on any atom is 0.255 e. The fraction of sp³-hybridized carbons (Fsp3) is 0.375. The van der Waals surface area contributed by atoms with Gasteiger partial charge in [-0.05, 0) is 24.5 Å². The van der Waals surface area contributed by atoms with Crippen molar-refractivity contribution in [3.8, 4) is 17.1 Å². The number of carbonyl (C=O) groups excluding carboxylic acids is 2. The molecule has 0 bridgehead atoms. The van der Waals surface area contributed by atoms with Crippen molar-refractivity contribution in [3.63, 3.8) is 0 Å². The van der Waals surface area contributed by atoms with Gasteiger partial charge in [0.15, 0.2) is 12.4 Å². The van der Waals surface area contributed by atoms with Crippen LogP contribution in [0.3, 0.4) is 0 Å². The molecule has 4 aromatic rings. The first-order valence-corrected chi connectivity index (χ1v) is 13.7. The molecule has 2 aromatic heterocycles. The summed E-state index contributed by atoms with van der Waals surface area (Å²) in [6, 6.07) is 17.7. The van der Waals surface area contributed by atoms with Crippen LogP contribution in [-0.4, -0.2) is 39.9 Å². The van der Waals surface area contributed by atoms with Gasteiger partial charge in [-0.2, -0.15) is 0 Å². The number of nitrogens with one attached hydrogen (secondary N) is 1. The van der Waals surface area contributed by atoms with E-state index in [2.05, 4.69) is 15.5 Å². The molecular formula is C32H38N4O5. The Morgan fingerprint density at radius 3 is 2.44 bits per heavy atom. The lowest BCUT2D eigenvalue weighted by Gasteiger charge is -2.25. The summed E-state index contributed by atoms with van der Waals surface area (Å²) in [6.07, 6.45) is 2.16. The Bertz CT molecular complexity index is 1450. The van der Waals surface area contributed by atoms with Gasteiger partial charge in [-0.3, -0.25) is 9.59 Å². The number of benzene rings is 2. The Kier molecular flexibility index (Phi) is 9.27. The van der Waals surface area contributed by atoms with Gasteiger partial charge in [-0.25, -0.2) is 4.98 Å². The quantitative estimate of drug-likeness (QED) is 0.240. The zero-order valence-corrected chi connectivity index (χ0v) is 24.5. The third-order valence-corrected chi connectivity index (χ3v) is 6.48. The Morgan fingerprint density at radius 2 is 1.76 bits per heavy atom. The summed E-state index contributed by atoms with van der Waals surface area (Å²) in [5, 5.41) is 7.06. The minimum Gasteiger partial charge on any atom is -0.483 e. The monoisotopic (exact) mass is 558 g/mol. The van der Waals surface area contributed by atoms with E-state index in [4.69, 9.17) is 13.7 Å². The van der Waals surface area contributed by atoms with Crippen LogP contribution >= 0.6 is 0 Å². The van der Waals surface area contributed by atoms with Gasteiger partial charge in [-0.1, -0.05) is 82.2 Å². The highest BCUT2D eigenvalue weighted by Gasteiger charge is 2.27. The first-order chi connectivity index (χ1) is 19.5. The smallest absolute Gasteiger partial charge is 0.255 e. The Morgan fingerprint density at radius 1 is 1.05 bits per heavy atom. The van der Waals surface area contributed by atoms with Gasteiger partial charge in [0.2, 0.25) is 11.8 Å². The summed E-state index contributed by atoms with van der Waals surface area (Å²) in [5.74, 6) is 1.73. The van der Waals surface area contributed by atoms with E-state index in [0.717, 1.165) is 11.3 Å². The highest BCUT2D eigenvalue weighted by molar-refractivity contribution is 5.99. The van der Waals surface area contributed by atoms with Crippen LogP contribution in [-0.2, 0) is 23.4 Å². The van der Waals surface area contributed by atoms with Gasteiger partial charge < -0.3 is 23.9 Å². The fourth-order valence-electron chi connectivity index (χ4n) is 4.28. The number of nitrogens with zero attached hydrogens (tertiary/aromatic N) is 3. The summed E-state index contributed by atoms with van der Waals surface area (Å²) < 4.78 is 17.2. The first kappa shape index (κ1) is 29.6. The van der Waals surface area contributed by atoms with Crippen LogP contribution in [0.2, 0.25) is 0 Å². The van der Waals surface area contributed by atoms with E-state index in [1.165, 1.54) is 0 Å². The second-order valence-corrected chi connectivity index (χ2v) is 11.6. The third kappa shape index (κ3) is 7.84. The van der Waals surface area contributed by atoms with E-state index < -0.39 is 11.9 Å². The van der Waals surface area contributed by atoms with Crippen molar-refractivity contribution in [1.29, 1.82) is 0 Å². The average Bonchev–Trinajstić information content (AvgIpc) is 3.61. The number of likely N-dealkylation sites (N-methyl/N-ethyl adjacent to an activating group) is 1. The molecule has 216 valence electrons. The molecule has 41 heavy (non-hydrogen) atoms. The van der Waals surface area contributed by atoms with Crippen molar-refractivity contribution in [2.45, 2.75) is 65.6 Å². The molecule has 0 aliphatic rings. The van der Waals surface area contributed by atoms with Crippen molar-refractivity contribution in [2.24, 2.45) is 5.92 Å². The molecule has 0 saturated heterocycles. The van der Waals surface area contributed by atoms with Crippen LogP contribution in [0.15, 0.2) is 75.8 Å². The molecule has 0 aliphatic heterocycles. The molecule has 2 aromatic carbocycles. The predicted molar refractivity (Wildman–Crippen MR) is 155 cm³/mol. The van der Waals surface area contributed by atoms with Crippen LogP contribution in [0.25, 0.3) is 11.3 Å². The highest BCUT2D eigenvalue weighted by Crippen LogP contribution is 2.25. The van der Waals surface area contributed by atoms with E-state index >= 15 is 0 Å². The summed E-state index contributed by atoms with van der Waals surface area (Å²) in [6.45, 7) is 10.4. The van der Waals surface area contributed by atoms with E-state index in [1.807, 2.05) is 71.0 Å². The Balaban J connectivity index is 1.43. The van der Waals surface area contributed by atoms with Gasteiger partial charge in [-0.15, -0.1) is 0 Å². The lowest BCUT2D eigenvalue weighted by molar-refractivity contribution is -0.133. The minimum atomic E-state index is -0.734. The van der Waals surface area contributed by atoms with Gasteiger partial charge in [0.1, 0.15) is 23.2 Å². The predicted octanol–water partition coefficient (Wildman–Crippen LogP) is 6.01. The largest absolute Gasteiger partial charge is 0.483 e. The molecule has 1 N–H and O–H groups in total. The number of amides is 2. The van der Waals surface area contributed by atoms with Gasteiger partial charge in [0, 0.05) is 24.1 Å². The number of oxazole rings is 1. The van der Waals surface area contributed by atoms with E-state index in [-0.39, 0.29) is 30.4 Å². The standard InChI is InChI=1S/C32H38N4O5/c1-21(2)16-25(31(38)36(6)19-23-17-27(41-35-23)22-12-8-7-9-13-22)34-30(37)24-14-10-11-15-26(24)39-20-29-33-18-28(40-29)32(3,4)5/h7-15,17-18,21,25H,16,19-20H2,1-6H3,(H,34,37)/t25-/m1/s1. The Hall–Kier alpha value is -4.40. The van der Waals surface area contributed by atoms with Crippen molar-refractivity contribution >= 4 is 11.8 Å². The lowest BCUT2D eigenvalue weighted by atomic mass is 9.94. The van der Waals surface area contributed by atoms with Crippen LogP contribution in [0.5, 0.6) is 5.75 Å². The second-order valence-electron chi connectivity index (χ2n) is 11.6. The maximum absolute atomic E-state index is 13.5. The summed E-state index contributed by atoms with van der Waals surface area (Å²) >= 11 is 0. The third-order valence-electron chi connectivity index (χ3n) is 6.48. The van der Waals surface area contributed by atoms with Crippen LogP contribution in [0, 0.1) is 5.92 Å². The summed E-state index contributed by atoms with van der Waals surface area (Å²) in [4.78, 5) is 32.8. The zero-order chi connectivity index (χ0) is 29.6. The molecule has 0 saturated carbocycles. The highest BCUT2D eigenvalue weighted by atomic mass is 16.5. The van der Waals surface area contributed by atoms with Gasteiger partial charge >= 0.3 is 0 Å². The van der Waals surface area contributed by atoms with E-state index in [9.17, 15) is 9.59 Å². The Labute approximate surface area is 240 Å². The maximum atomic E-state index is 13.5. The van der Waals surface area contributed by atoms with Gasteiger partial charge in [0.25, 0.3) is 5.91 Å². The SMILES string of the molecule is CC(C)C[C@@H](NC(=O)c1ccccc1OCc1ncc(C(C)(C)C)o1)C(=O)N(C)Cc1cc(-c2ccccc2)on1. The first-order valence-electron chi connectivity index (χ1n) is 13.7. The molecule has 2 amide bonds. The molecule has 0 radical (unpaired) electrons. The number of ether oxygens (including phenoxy) is 1. The zero-order valence-electron chi connectivity index (χ0n) is 24.5. The van der Waals surface area contributed by atoms with E-state index in [0.29, 0.717) is 35.1 Å². The molecule has 9 heteroatoms. The number of hydrogen-bond acceptors (Lipinski definition) is 7. The van der Waals surface area contributed by atoms with Crippen molar-refractivity contribution < 1.29 is 23.3 Å². The molecule has 1 atom stereocenters. The van der Waals surface area contributed by atoms with Crippen LogP contribution in [0.4, 0.5) is 0 Å². The molecule has 0 unspecified atom stereocenters. The normalized spacial score (nSPS) is 12.3. The molecule has 4 rings (SSSR count). The number of hydrogen-bond donors (Lipinski definition) is 1. The molecule has 0 aliphatic carbocycles. The van der Waals surface area contributed by atoms with Crippen molar-refractivity contribution in [2.75, 3.05) is 7.05 Å². The number of carbonyl (C=O) groups is 2. The summed E-state index contributed by atoms with van der Waals surface area (Å²) in [7, 11) is 1.69. The lowest BCUT2D eigenvalue weighted by Crippen LogP contribution is -2.47. The molecule has 0 fully saturated rings. The minimum absolute atomic E-state index is 0.0696. The van der Waals surface area contributed by atoms with Gasteiger partial charge in [0.05, 0.1) is 18.3 Å². The van der Waals surface area contributed by atoms with Crippen LogP contribution in [0.1, 0.15) is 68.7 Å². The summed E-state index contributed by atoms with van der Waals surface area (Å²) in [5.41, 5.74) is 1.67. The fourth-order valence-corrected chi connectivity index (χ4v) is 4.28. The average molecular weight is 559 g/mol. The number of para-hydroxylation sites is 1. The van der Waals surface area contributed by atoms with E-state index in [1.54, 1.807) is 42.4 Å². The second kappa shape index (κ2) is 12.8. The molecular weight excluding hydrogens is 520 g/mol. The number of rotatable bonds is 11. The number of aromatic nitrogens is 2. The van der Waals surface area contributed by atoms with Crippen LogP contribution < -0.4 is 10.1 Å². The van der Waals surface area contributed by atoms with Crippen molar-refractivity contribution in [3.05, 3.63) is 89.8 Å².